The van der Waals surface area contributed by atoms with Gasteiger partial charge in [-0.15, -0.1) is 0 Å². The Labute approximate surface area is 162 Å². The average molecular weight is 389 g/mol. The molecule has 0 aliphatic carbocycles. The minimum atomic E-state index is -0.550. The van der Waals surface area contributed by atoms with Crippen molar-refractivity contribution in [3.63, 3.8) is 0 Å². The molecule has 1 aliphatic rings. The fourth-order valence-electron chi connectivity index (χ4n) is 3.10. The Hall–Kier alpha value is -2.58. The molecule has 27 heavy (non-hydrogen) atoms. The largest absolute Gasteiger partial charge is 0.342 e. The Balaban J connectivity index is 1.92. The zero-order valence-electron chi connectivity index (χ0n) is 15.2. The van der Waals surface area contributed by atoms with E-state index in [-0.39, 0.29) is 23.9 Å². The summed E-state index contributed by atoms with van der Waals surface area (Å²) in [7, 11) is 1.84. The molecular weight excluding hydrogens is 368 g/mol. The van der Waals surface area contributed by atoms with Gasteiger partial charge in [0.25, 0.3) is 5.91 Å². The van der Waals surface area contributed by atoms with Gasteiger partial charge in [-0.25, -0.2) is 9.97 Å². The lowest BCUT2D eigenvalue weighted by Crippen LogP contribution is -2.39. The van der Waals surface area contributed by atoms with E-state index in [1.54, 1.807) is 17.0 Å². The smallest absolute Gasteiger partial charge is 0.280 e. The highest BCUT2D eigenvalue weighted by molar-refractivity contribution is 6.30. The van der Waals surface area contributed by atoms with Gasteiger partial charge in [0.15, 0.2) is 5.69 Å². The number of hydrogen-bond acceptors (Lipinski definition) is 6. The van der Waals surface area contributed by atoms with Gasteiger partial charge in [-0.3, -0.25) is 19.5 Å². The highest BCUT2D eigenvalue weighted by atomic mass is 35.5. The first-order chi connectivity index (χ1) is 13.1. The number of likely N-dealkylation sites (N-methyl/N-ethyl adjacent to an activating group) is 2. The van der Waals surface area contributed by atoms with E-state index in [1.807, 2.05) is 14.0 Å². The van der Waals surface area contributed by atoms with Gasteiger partial charge in [-0.2, -0.15) is 0 Å². The molecule has 0 aromatic carbocycles. The number of rotatable bonds is 7. The summed E-state index contributed by atoms with van der Waals surface area (Å²) in [5, 5.41) is 3.51. The number of nitrogens with zero attached hydrogens (tertiary/aromatic N) is 5. The molecule has 0 saturated carbocycles. The van der Waals surface area contributed by atoms with Crippen LogP contribution in [0.15, 0.2) is 30.7 Å². The van der Waals surface area contributed by atoms with E-state index >= 15 is 0 Å². The van der Waals surface area contributed by atoms with Crippen molar-refractivity contribution in [3.05, 3.63) is 47.1 Å². The predicted octanol–water partition coefficient (Wildman–Crippen LogP) is 1.68. The molecule has 1 aliphatic heterocycles. The number of hydrogen-bond donors (Lipinski definition) is 1. The van der Waals surface area contributed by atoms with Crippen molar-refractivity contribution >= 4 is 29.2 Å². The number of anilines is 1. The van der Waals surface area contributed by atoms with Crippen LogP contribution in [0.3, 0.4) is 0 Å². The molecule has 2 aromatic heterocycles. The van der Waals surface area contributed by atoms with Crippen molar-refractivity contribution < 1.29 is 9.59 Å². The van der Waals surface area contributed by atoms with Crippen LogP contribution in [0.5, 0.6) is 0 Å². The number of aromatic nitrogens is 3. The molecule has 8 nitrogen and oxygen atoms in total. The van der Waals surface area contributed by atoms with Gasteiger partial charge in [0, 0.05) is 38.2 Å². The van der Waals surface area contributed by atoms with Crippen molar-refractivity contribution in [3.8, 4) is 0 Å². The molecule has 9 heteroatoms. The van der Waals surface area contributed by atoms with E-state index in [1.165, 1.54) is 23.5 Å². The molecular formula is C18H21ClN6O2. The summed E-state index contributed by atoms with van der Waals surface area (Å²) >= 11 is 5.92. The first kappa shape index (κ1) is 19.2. The summed E-state index contributed by atoms with van der Waals surface area (Å²) < 4.78 is 0. The van der Waals surface area contributed by atoms with Gasteiger partial charge in [-0.1, -0.05) is 11.6 Å². The Kier molecular flexibility index (Phi) is 5.98. The van der Waals surface area contributed by atoms with E-state index in [9.17, 15) is 9.59 Å². The maximum absolute atomic E-state index is 12.9. The van der Waals surface area contributed by atoms with Gasteiger partial charge in [0.2, 0.25) is 5.91 Å². The summed E-state index contributed by atoms with van der Waals surface area (Å²) in [6.07, 6.45) is 4.58. The number of amides is 2. The molecule has 0 radical (unpaired) electrons. The molecule has 1 atom stereocenters. The molecule has 0 spiro atoms. The van der Waals surface area contributed by atoms with Crippen LogP contribution in [0, 0.1) is 0 Å². The number of halogens is 1. The van der Waals surface area contributed by atoms with Crippen molar-refractivity contribution in [2.75, 3.05) is 31.6 Å². The lowest BCUT2D eigenvalue weighted by atomic mass is 10.1. The van der Waals surface area contributed by atoms with E-state index in [0.717, 1.165) is 0 Å². The Bertz CT molecular complexity index is 829. The normalized spacial score (nSPS) is 15.7. The molecule has 142 valence electrons. The van der Waals surface area contributed by atoms with E-state index in [4.69, 9.17) is 11.6 Å². The topological polar surface area (TPSA) is 91.3 Å². The third-order valence-electron chi connectivity index (χ3n) is 4.47. The Morgan fingerprint density at radius 1 is 1.30 bits per heavy atom. The number of nitrogens with one attached hydrogen (secondary N) is 1. The maximum Gasteiger partial charge on any atom is 0.280 e. The van der Waals surface area contributed by atoms with Crippen molar-refractivity contribution in [2.24, 2.45) is 0 Å². The monoisotopic (exact) mass is 388 g/mol. The number of fused-ring (bicyclic) bond motifs is 1. The van der Waals surface area contributed by atoms with Gasteiger partial charge in [0.05, 0.1) is 23.2 Å². The highest BCUT2D eigenvalue weighted by Gasteiger charge is 2.42. The van der Waals surface area contributed by atoms with Crippen LogP contribution in [0.2, 0.25) is 5.02 Å². The second kappa shape index (κ2) is 8.41. The fourth-order valence-corrected chi connectivity index (χ4v) is 3.21. The van der Waals surface area contributed by atoms with E-state index < -0.39 is 6.04 Å². The molecule has 1 unspecified atom stereocenters. The molecule has 0 fully saturated rings. The summed E-state index contributed by atoms with van der Waals surface area (Å²) in [5.41, 5.74) is 0.752. The summed E-state index contributed by atoms with van der Waals surface area (Å²) in [4.78, 5) is 41.7. The molecule has 3 heterocycles. The SMILES string of the molecule is CCN(CCNC)C(=O)CC1c2nccnc2C(=O)N1c1ccc(Cl)cn1. The predicted molar refractivity (Wildman–Crippen MR) is 102 cm³/mol. The van der Waals surface area contributed by atoms with Crippen LogP contribution in [-0.2, 0) is 4.79 Å². The minimum Gasteiger partial charge on any atom is -0.342 e. The highest BCUT2D eigenvalue weighted by Crippen LogP contribution is 2.37. The summed E-state index contributed by atoms with van der Waals surface area (Å²) in [5.74, 6) is 0.0484. The zero-order chi connectivity index (χ0) is 19.4. The minimum absolute atomic E-state index is 0.0528. The van der Waals surface area contributed by atoms with Crippen LogP contribution < -0.4 is 10.2 Å². The maximum atomic E-state index is 12.9. The van der Waals surface area contributed by atoms with Crippen LogP contribution in [0.4, 0.5) is 5.82 Å². The van der Waals surface area contributed by atoms with Gasteiger partial charge in [-0.05, 0) is 26.1 Å². The standard InChI is InChI=1S/C18H21ClN6O2/c1-3-24(9-8-20-2)15(26)10-13-16-17(22-7-6-21-16)18(27)25(13)14-5-4-12(19)11-23-14/h4-7,11,13,20H,3,8-10H2,1-2H3. The molecule has 0 bridgehead atoms. The first-order valence-electron chi connectivity index (χ1n) is 8.75. The Morgan fingerprint density at radius 3 is 2.74 bits per heavy atom. The molecule has 3 rings (SSSR count). The third kappa shape index (κ3) is 3.91. The second-order valence-corrected chi connectivity index (χ2v) is 6.53. The zero-order valence-corrected chi connectivity index (χ0v) is 16.0. The van der Waals surface area contributed by atoms with Crippen LogP contribution in [0.1, 0.15) is 35.6 Å². The average Bonchev–Trinajstić information content (AvgIpc) is 2.95. The van der Waals surface area contributed by atoms with Crippen molar-refractivity contribution in [1.82, 2.24) is 25.2 Å². The van der Waals surface area contributed by atoms with Crippen molar-refractivity contribution in [2.45, 2.75) is 19.4 Å². The van der Waals surface area contributed by atoms with Gasteiger partial charge >= 0.3 is 0 Å². The first-order valence-corrected chi connectivity index (χ1v) is 9.13. The number of pyridine rings is 1. The van der Waals surface area contributed by atoms with Crippen LogP contribution in [0.25, 0.3) is 0 Å². The lowest BCUT2D eigenvalue weighted by Gasteiger charge is -2.27. The van der Waals surface area contributed by atoms with Gasteiger partial charge in [0.1, 0.15) is 5.82 Å². The summed E-state index contributed by atoms with van der Waals surface area (Å²) in [6.45, 7) is 3.81. The molecule has 0 saturated heterocycles. The quantitative estimate of drug-likeness (QED) is 0.776. The molecule has 2 amide bonds. The molecule has 2 aromatic rings. The van der Waals surface area contributed by atoms with Crippen molar-refractivity contribution in [1.29, 1.82) is 0 Å². The number of carbonyl (C=O) groups excluding carboxylic acids is 2. The fraction of sp³-hybridized carbons (Fsp3) is 0.389. The van der Waals surface area contributed by atoms with E-state index in [0.29, 0.717) is 36.2 Å². The lowest BCUT2D eigenvalue weighted by molar-refractivity contribution is -0.131. The van der Waals surface area contributed by atoms with Crippen LogP contribution >= 0.6 is 11.6 Å². The van der Waals surface area contributed by atoms with E-state index in [2.05, 4.69) is 20.3 Å². The third-order valence-corrected chi connectivity index (χ3v) is 4.69. The van der Waals surface area contributed by atoms with Crippen LogP contribution in [-0.4, -0.2) is 58.3 Å². The Morgan fingerprint density at radius 2 is 2.07 bits per heavy atom. The summed E-state index contributed by atoms with van der Waals surface area (Å²) in [6, 6.07) is 2.76. The second-order valence-electron chi connectivity index (χ2n) is 6.10. The number of carbonyl (C=O) groups is 2. The van der Waals surface area contributed by atoms with Gasteiger partial charge < -0.3 is 10.2 Å². The molecule has 1 N–H and O–H groups in total.